The van der Waals surface area contributed by atoms with E-state index >= 15 is 0 Å². The predicted octanol–water partition coefficient (Wildman–Crippen LogP) is 2.46. The molecule has 1 aliphatic rings. The van der Waals surface area contributed by atoms with E-state index in [9.17, 15) is 14.7 Å². The smallest absolute Gasteiger partial charge is 0.419 e. The molecule has 8 nitrogen and oxygen atoms in total. The molecule has 8 heteroatoms. The van der Waals surface area contributed by atoms with E-state index < -0.39 is 6.09 Å². The standard InChI is InChI=1S/C16H15N3O5/c1-9-7-13(21)18-19-15(9)10-4-5-12(20)11(8-10)17-16(22)24-14-3-2-6-23-14/h2-6,8-9,20H,7H2,1H3,(H,17,22)(H,18,21). The molecule has 24 heavy (non-hydrogen) atoms. The van der Waals surface area contributed by atoms with Gasteiger partial charge in [-0.3, -0.25) is 10.1 Å². The van der Waals surface area contributed by atoms with Gasteiger partial charge in [0.25, 0.3) is 5.95 Å². The average molecular weight is 329 g/mol. The number of anilines is 1. The van der Waals surface area contributed by atoms with E-state index in [1.807, 2.05) is 6.92 Å². The number of nitrogens with zero attached hydrogens (tertiary/aromatic N) is 1. The van der Waals surface area contributed by atoms with E-state index in [-0.39, 0.29) is 29.2 Å². The number of furan rings is 1. The van der Waals surface area contributed by atoms with Crippen LogP contribution in [0.15, 0.2) is 46.1 Å². The molecule has 1 unspecified atom stereocenters. The summed E-state index contributed by atoms with van der Waals surface area (Å²) in [5, 5.41) is 16.4. The van der Waals surface area contributed by atoms with Crippen LogP contribution in [0.2, 0.25) is 0 Å². The number of hydrogen-bond acceptors (Lipinski definition) is 6. The van der Waals surface area contributed by atoms with Crippen molar-refractivity contribution in [1.82, 2.24) is 5.43 Å². The van der Waals surface area contributed by atoms with Gasteiger partial charge < -0.3 is 14.3 Å². The zero-order valence-corrected chi connectivity index (χ0v) is 12.8. The highest BCUT2D eigenvalue weighted by Crippen LogP contribution is 2.27. The van der Waals surface area contributed by atoms with Crippen LogP contribution in [0.5, 0.6) is 11.7 Å². The maximum Gasteiger partial charge on any atom is 0.419 e. The summed E-state index contributed by atoms with van der Waals surface area (Å²) in [5.41, 5.74) is 3.93. The predicted molar refractivity (Wildman–Crippen MR) is 84.9 cm³/mol. The lowest BCUT2D eigenvalue weighted by Gasteiger charge is -2.19. The molecule has 124 valence electrons. The third kappa shape index (κ3) is 3.37. The molecule has 2 aromatic rings. The summed E-state index contributed by atoms with van der Waals surface area (Å²) < 4.78 is 9.83. The van der Waals surface area contributed by atoms with Gasteiger partial charge in [0.15, 0.2) is 0 Å². The van der Waals surface area contributed by atoms with Gasteiger partial charge in [0.1, 0.15) is 5.75 Å². The Morgan fingerprint density at radius 3 is 3.00 bits per heavy atom. The summed E-state index contributed by atoms with van der Waals surface area (Å²) in [6.07, 6.45) is 0.894. The number of ether oxygens (including phenoxy) is 1. The van der Waals surface area contributed by atoms with Gasteiger partial charge in [0, 0.05) is 24.0 Å². The molecule has 0 radical (unpaired) electrons. The SMILES string of the molecule is CC1CC(=O)NN=C1c1ccc(O)c(NC(=O)Oc2ccco2)c1. The fourth-order valence-electron chi connectivity index (χ4n) is 2.35. The third-order valence-electron chi connectivity index (χ3n) is 3.48. The van der Waals surface area contributed by atoms with E-state index in [1.165, 1.54) is 18.4 Å². The van der Waals surface area contributed by atoms with Crippen molar-refractivity contribution < 1.29 is 23.8 Å². The van der Waals surface area contributed by atoms with Crippen LogP contribution in [0.4, 0.5) is 10.5 Å². The minimum Gasteiger partial charge on any atom is -0.506 e. The largest absolute Gasteiger partial charge is 0.506 e. The zero-order chi connectivity index (χ0) is 17.1. The number of benzene rings is 1. The molecule has 2 heterocycles. The summed E-state index contributed by atoms with van der Waals surface area (Å²) in [6.45, 7) is 1.88. The van der Waals surface area contributed by atoms with Crippen molar-refractivity contribution in [3.05, 3.63) is 42.2 Å². The fourth-order valence-corrected chi connectivity index (χ4v) is 2.35. The Bertz CT molecular complexity index is 798. The van der Waals surface area contributed by atoms with Gasteiger partial charge in [-0.25, -0.2) is 10.2 Å². The van der Waals surface area contributed by atoms with Gasteiger partial charge in [-0.1, -0.05) is 6.92 Å². The van der Waals surface area contributed by atoms with Crippen molar-refractivity contribution in [2.75, 3.05) is 5.32 Å². The molecule has 0 saturated heterocycles. The second-order valence-corrected chi connectivity index (χ2v) is 5.32. The molecule has 2 amide bonds. The summed E-state index contributed by atoms with van der Waals surface area (Å²) in [5.74, 6) is -0.309. The molecule has 0 bridgehead atoms. The molecule has 0 aliphatic carbocycles. The first kappa shape index (κ1) is 15.6. The highest BCUT2D eigenvalue weighted by molar-refractivity contribution is 6.06. The molecule has 0 spiro atoms. The number of aromatic hydroxyl groups is 1. The number of hydrazone groups is 1. The highest BCUT2D eigenvalue weighted by Gasteiger charge is 2.22. The first-order valence-corrected chi connectivity index (χ1v) is 7.25. The van der Waals surface area contributed by atoms with Crippen molar-refractivity contribution in [1.29, 1.82) is 0 Å². The number of rotatable bonds is 3. The molecule has 3 N–H and O–H groups in total. The molecule has 1 aliphatic heterocycles. The maximum absolute atomic E-state index is 11.8. The van der Waals surface area contributed by atoms with E-state index in [2.05, 4.69) is 15.8 Å². The van der Waals surface area contributed by atoms with E-state index in [0.29, 0.717) is 17.7 Å². The quantitative estimate of drug-likeness (QED) is 0.749. The number of phenolic OH excluding ortho intramolecular Hbond substituents is 1. The van der Waals surface area contributed by atoms with Gasteiger partial charge in [-0.2, -0.15) is 5.10 Å². The fraction of sp³-hybridized carbons (Fsp3) is 0.188. The lowest BCUT2D eigenvalue weighted by Crippen LogP contribution is -2.32. The van der Waals surface area contributed by atoms with Gasteiger partial charge in [-0.15, -0.1) is 0 Å². The Morgan fingerprint density at radius 1 is 1.46 bits per heavy atom. The van der Waals surface area contributed by atoms with E-state index in [0.717, 1.165) is 0 Å². The topological polar surface area (TPSA) is 113 Å². The average Bonchev–Trinajstić information content (AvgIpc) is 3.02. The third-order valence-corrected chi connectivity index (χ3v) is 3.48. The van der Waals surface area contributed by atoms with Gasteiger partial charge in [-0.05, 0) is 24.3 Å². The second-order valence-electron chi connectivity index (χ2n) is 5.32. The number of carbonyl (C=O) groups is 2. The normalized spacial score (nSPS) is 17.0. The molecular weight excluding hydrogens is 314 g/mol. The van der Waals surface area contributed by atoms with Gasteiger partial charge in [0.05, 0.1) is 17.7 Å². The van der Waals surface area contributed by atoms with Crippen LogP contribution in [-0.2, 0) is 4.79 Å². The zero-order valence-electron chi connectivity index (χ0n) is 12.8. The minimum atomic E-state index is -0.802. The van der Waals surface area contributed by atoms with Crippen molar-refractivity contribution in [2.24, 2.45) is 11.0 Å². The van der Waals surface area contributed by atoms with Crippen LogP contribution in [0.25, 0.3) is 0 Å². The van der Waals surface area contributed by atoms with Crippen molar-refractivity contribution >= 4 is 23.4 Å². The molecule has 1 atom stereocenters. The van der Waals surface area contributed by atoms with Crippen molar-refractivity contribution in [3.8, 4) is 11.7 Å². The Hall–Kier alpha value is -3.29. The molecule has 0 fully saturated rings. The number of phenols is 1. The lowest BCUT2D eigenvalue weighted by molar-refractivity contribution is -0.121. The van der Waals surface area contributed by atoms with Crippen LogP contribution in [0.3, 0.4) is 0 Å². The van der Waals surface area contributed by atoms with E-state index in [4.69, 9.17) is 9.15 Å². The number of nitrogens with one attached hydrogen (secondary N) is 2. The maximum atomic E-state index is 11.8. The molecule has 0 saturated carbocycles. The summed E-state index contributed by atoms with van der Waals surface area (Å²) in [6, 6.07) is 7.72. The monoisotopic (exact) mass is 329 g/mol. The summed E-state index contributed by atoms with van der Waals surface area (Å²) in [4.78, 5) is 23.2. The Labute approximate surface area is 137 Å². The Balaban J connectivity index is 1.79. The molecule has 1 aromatic heterocycles. The van der Waals surface area contributed by atoms with Crippen molar-refractivity contribution in [2.45, 2.75) is 13.3 Å². The van der Waals surface area contributed by atoms with Crippen LogP contribution < -0.4 is 15.5 Å². The Morgan fingerprint density at radius 2 is 2.29 bits per heavy atom. The summed E-state index contributed by atoms with van der Waals surface area (Å²) in [7, 11) is 0. The second kappa shape index (κ2) is 6.45. The molecule has 1 aromatic carbocycles. The van der Waals surface area contributed by atoms with Crippen LogP contribution in [-0.4, -0.2) is 22.8 Å². The molecule has 3 rings (SSSR count). The Kier molecular flexibility index (Phi) is 4.19. The van der Waals surface area contributed by atoms with Gasteiger partial charge in [0.2, 0.25) is 5.91 Å². The van der Waals surface area contributed by atoms with Crippen LogP contribution in [0, 0.1) is 5.92 Å². The van der Waals surface area contributed by atoms with Crippen molar-refractivity contribution in [3.63, 3.8) is 0 Å². The number of amides is 2. The number of carbonyl (C=O) groups excluding carboxylic acids is 2. The van der Waals surface area contributed by atoms with Gasteiger partial charge >= 0.3 is 6.09 Å². The van der Waals surface area contributed by atoms with Crippen LogP contribution in [0.1, 0.15) is 18.9 Å². The number of hydrogen-bond donors (Lipinski definition) is 3. The highest BCUT2D eigenvalue weighted by atomic mass is 16.6. The van der Waals surface area contributed by atoms with Crippen LogP contribution >= 0.6 is 0 Å². The van der Waals surface area contributed by atoms with E-state index in [1.54, 1.807) is 18.2 Å². The summed E-state index contributed by atoms with van der Waals surface area (Å²) >= 11 is 0. The first-order chi connectivity index (χ1) is 11.5. The lowest BCUT2D eigenvalue weighted by atomic mass is 9.94. The minimum absolute atomic E-state index is 0.0381. The first-order valence-electron chi connectivity index (χ1n) is 7.25. The molecular formula is C16H15N3O5.